The monoisotopic (exact) mass is 222 g/mol. The van der Waals surface area contributed by atoms with Crippen LogP contribution in [-0.4, -0.2) is 37.9 Å². The van der Waals surface area contributed by atoms with Crippen molar-refractivity contribution in [2.75, 3.05) is 12.8 Å². The molecule has 84 valence electrons. The minimum Gasteiger partial charge on any atom is -0.353 e. The zero-order chi connectivity index (χ0) is 11.6. The summed E-state index contributed by atoms with van der Waals surface area (Å²) in [6.45, 7) is 4.74. The first-order valence-electron chi connectivity index (χ1n) is 4.31. The lowest BCUT2D eigenvalue weighted by Crippen LogP contribution is -2.47. The number of hydrogen-bond donors (Lipinski definition) is 2. The number of sulfone groups is 1. The number of nitrogens with two attached hydrogens (primary N) is 1. The van der Waals surface area contributed by atoms with Crippen LogP contribution in [0.4, 0.5) is 0 Å². The Hall–Kier alpha value is -0.620. The largest absolute Gasteiger partial charge is 0.353 e. The van der Waals surface area contributed by atoms with Crippen LogP contribution in [0.15, 0.2) is 0 Å². The molecule has 0 spiro atoms. The Morgan fingerprint density at radius 1 is 1.50 bits per heavy atom. The predicted molar refractivity (Wildman–Crippen MR) is 55.6 cm³/mol. The zero-order valence-electron chi connectivity index (χ0n) is 8.99. The molecule has 0 aliphatic carbocycles. The molecule has 0 saturated heterocycles. The molecule has 0 radical (unpaired) electrons. The second-order valence-corrected chi connectivity index (χ2v) is 6.69. The van der Waals surface area contributed by atoms with Crippen molar-refractivity contribution in [2.45, 2.75) is 31.6 Å². The fraction of sp³-hybridized carbons (Fsp3) is 0.875. The number of carbonyl (C=O) groups excluding carboxylic acids is 1. The van der Waals surface area contributed by atoms with Crippen molar-refractivity contribution < 1.29 is 13.2 Å². The Labute approximate surface area is 85.0 Å². The van der Waals surface area contributed by atoms with Gasteiger partial charge in [-0.2, -0.15) is 0 Å². The van der Waals surface area contributed by atoms with Gasteiger partial charge in [0.25, 0.3) is 0 Å². The topological polar surface area (TPSA) is 89.3 Å². The minimum atomic E-state index is -3.18. The Morgan fingerprint density at radius 2 is 1.93 bits per heavy atom. The summed E-state index contributed by atoms with van der Waals surface area (Å²) in [5.74, 6) is -0.346. The first kappa shape index (κ1) is 13.4. The van der Waals surface area contributed by atoms with Gasteiger partial charge in [0, 0.05) is 12.8 Å². The average Bonchev–Trinajstić information content (AvgIpc) is 1.97. The van der Waals surface area contributed by atoms with Gasteiger partial charge in [-0.25, -0.2) is 8.42 Å². The third-order valence-corrected chi connectivity index (χ3v) is 4.26. The van der Waals surface area contributed by atoms with Gasteiger partial charge in [0.05, 0.1) is 10.8 Å². The summed E-state index contributed by atoms with van der Waals surface area (Å²) in [7, 11) is -3.18. The van der Waals surface area contributed by atoms with Crippen molar-refractivity contribution >= 4 is 15.7 Å². The molecule has 5 nitrogen and oxygen atoms in total. The summed E-state index contributed by atoms with van der Waals surface area (Å²) in [6, 6.07) is -0.620. The van der Waals surface area contributed by atoms with Crippen molar-refractivity contribution in [1.82, 2.24) is 5.32 Å². The number of nitrogens with one attached hydrogen (secondary N) is 1. The zero-order valence-corrected chi connectivity index (χ0v) is 9.81. The second kappa shape index (κ2) is 4.27. The maximum atomic E-state index is 11.3. The average molecular weight is 222 g/mol. The van der Waals surface area contributed by atoms with E-state index < -0.39 is 20.6 Å². The molecule has 0 aromatic rings. The van der Waals surface area contributed by atoms with Gasteiger partial charge in [-0.15, -0.1) is 0 Å². The summed E-state index contributed by atoms with van der Waals surface area (Å²) in [6.07, 6.45) is 1.14. The molecule has 0 rings (SSSR count). The molecule has 0 bridgehead atoms. The SMILES string of the molecule is C[C@H](N)C(=O)NCC(C)(C)S(C)(=O)=O. The Balaban J connectivity index is 4.35. The van der Waals surface area contributed by atoms with Gasteiger partial charge in [-0.1, -0.05) is 0 Å². The maximum absolute atomic E-state index is 11.3. The molecule has 0 unspecified atom stereocenters. The standard InChI is InChI=1S/C8H18N2O3S/c1-6(9)7(11)10-5-8(2,3)14(4,12)13/h6H,5,9H2,1-4H3,(H,10,11)/t6-/m0/s1. The van der Waals surface area contributed by atoms with E-state index in [-0.39, 0.29) is 12.5 Å². The molecule has 0 saturated carbocycles. The van der Waals surface area contributed by atoms with Gasteiger partial charge in [-0.05, 0) is 20.8 Å². The predicted octanol–water partition coefficient (Wildman–Crippen LogP) is -0.727. The van der Waals surface area contributed by atoms with Crippen molar-refractivity contribution in [3.8, 4) is 0 Å². The van der Waals surface area contributed by atoms with Crippen LogP contribution < -0.4 is 11.1 Å². The third kappa shape index (κ3) is 3.63. The van der Waals surface area contributed by atoms with Crippen LogP contribution in [0, 0.1) is 0 Å². The van der Waals surface area contributed by atoms with Crippen LogP contribution >= 0.6 is 0 Å². The molecular weight excluding hydrogens is 204 g/mol. The van der Waals surface area contributed by atoms with E-state index in [2.05, 4.69) is 5.32 Å². The summed E-state index contributed by atoms with van der Waals surface area (Å²) in [5.41, 5.74) is 5.31. The molecule has 0 aromatic heterocycles. The Bertz CT molecular complexity index is 307. The molecule has 6 heteroatoms. The highest BCUT2D eigenvalue weighted by Crippen LogP contribution is 2.13. The minimum absolute atomic E-state index is 0.0756. The van der Waals surface area contributed by atoms with E-state index in [1.165, 1.54) is 0 Å². The molecule has 0 fully saturated rings. The smallest absolute Gasteiger partial charge is 0.236 e. The lowest BCUT2D eigenvalue weighted by molar-refractivity contribution is -0.122. The second-order valence-electron chi connectivity index (χ2n) is 4.04. The van der Waals surface area contributed by atoms with Crippen LogP contribution in [0.2, 0.25) is 0 Å². The van der Waals surface area contributed by atoms with E-state index in [4.69, 9.17) is 5.73 Å². The summed E-state index contributed by atoms with van der Waals surface area (Å²) >= 11 is 0. The Kier molecular flexibility index (Phi) is 4.08. The van der Waals surface area contributed by atoms with Crippen LogP contribution in [0.3, 0.4) is 0 Å². The van der Waals surface area contributed by atoms with Gasteiger partial charge in [-0.3, -0.25) is 4.79 Å². The third-order valence-electron chi connectivity index (χ3n) is 2.11. The van der Waals surface area contributed by atoms with Gasteiger partial charge in [0.1, 0.15) is 0 Å². The highest BCUT2D eigenvalue weighted by molar-refractivity contribution is 7.92. The van der Waals surface area contributed by atoms with Crippen LogP contribution in [0.1, 0.15) is 20.8 Å². The quantitative estimate of drug-likeness (QED) is 0.656. The van der Waals surface area contributed by atoms with Crippen LogP contribution in [0.5, 0.6) is 0 Å². The molecule has 0 heterocycles. The molecule has 1 atom stereocenters. The molecular formula is C8H18N2O3S. The number of hydrogen-bond acceptors (Lipinski definition) is 4. The molecule has 3 N–H and O–H groups in total. The van der Waals surface area contributed by atoms with Crippen molar-refractivity contribution in [1.29, 1.82) is 0 Å². The summed E-state index contributed by atoms with van der Waals surface area (Å²) < 4.78 is 21.5. The number of carbonyl (C=O) groups is 1. The fourth-order valence-corrected chi connectivity index (χ4v) is 0.926. The first-order valence-corrected chi connectivity index (χ1v) is 6.20. The first-order chi connectivity index (χ1) is 6.08. The molecule has 14 heavy (non-hydrogen) atoms. The van der Waals surface area contributed by atoms with E-state index in [1.54, 1.807) is 20.8 Å². The van der Waals surface area contributed by atoms with Gasteiger partial charge >= 0.3 is 0 Å². The van der Waals surface area contributed by atoms with E-state index in [0.29, 0.717) is 0 Å². The fourth-order valence-electron chi connectivity index (χ4n) is 0.592. The van der Waals surface area contributed by atoms with Gasteiger partial charge in [0.15, 0.2) is 9.84 Å². The lowest BCUT2D eigenvalue weighted by Gasteiger charge is -2.23. The highest BCUT2D eigenvalue weighted by Gasteiger charge is 2.30. The van der Waals surface area contributed by atoms with E-state index >= 15 is 0 Å². The molecule has 1 amide bonds. The lowest BCUT2D eigenvalue weighted by atomic mass is 10.2. The van der Waals surface area contributed by atoms with Crippen molar-refractivity contribution in [3.05, 3.63) is 0 Å². The Morgan fingerprint density at radius 3 is 2.21 bits per heavy atom. The van der Waals surface area contributed by atoms with E-state index in [9.17, 15) is 13.2 Å². The number of amides is 1. The van der Waals surface area contributed by atoms with E-state index in [1.807, 2.05) is 0 Å². The normalized spacial score (nSPS) is 14.9. The number of rotatable bonds is 4. The summed E-state index contributed by atoms with van der Waals surface area (Å²) in [5, 5.41) is 2.49. The van der Waals surface area contributed by atoms with Gasteiger partial charge < -0.3 is 11.1 Å². The molecule has 0 aliphatic heterocycles. The van der Waals surface area contributed by atoms with Crippen molar-refractivity contribution in [2.24, 2.45) is 5.73 Å². The van der Waals surface area contributed by atoms with Crippen LogP contribution in [-0.2, 0) is 14.6 Å². The molecule has 0 aliphatic rings. The highest BCUT2D eigenvalue weighted by atomic mass is 32.2. The maximum Gasteiger partial charge on any atom is 0.236 e. The van der Waals surface area contributed by atoms with Crippen molar-refractivity contribution in [3.63, 3.8) is 0 Å². The van der Waals surface area contributed by atoms with Gasteiger partial charge in [0.2, 0.25) is 5.91 Å². The van der Waals surface area contributed by atoms with E-state index in [0.717, 1.165) is 6.26 Å². The summed E-state index contributed by atoms with van der Waals surface area (Å²) in [4.78, 5) is 11.1. The molecule has 0 aromatic carbocycles. The van der Waals surface area contributed by atoms with Crippen LogP contribution in [0.25, 0.3) is 0 Å².